The molecule has 1 aliphatic rings. The number of esters is 1. The van der Waals surface area contributed by atoms with E-state index in [4.69, 9.17) is 4.74 Å². The van der Waals surface area contributed by atoms with Crippen molar-refractivity contribution in [3.05, 3.63) is 35.4 Å². The smallest absolute Gasteiger partial charge is 0.379 e. The van der Waals surface area contributed by atoms with Crippen LogP contribution in [0.3, 0.4) is 0 Å². The van der Waals surface area contributed by atoms with Gasteiger partial charge in [-0.3, -0.25) is 4.79 Å². The van der Waals surface area contributed by atoms with Crippen LogP contribution in [0.2, 0.25) is 0 Å². The van der Waals surface area contributed by atoms with E-state index in [1.807, 2.05) is 19.1 Å². The topological polar surface area (TPSA) is 43.4 Å². The third-order valence-electron chi connectivity index (χ3n) is 4.72. The van der Waals surface area contributed by atoms with Gasteiger partial charge in [0.2, 0.25) is 0 Å². The van der Waals surface area contributed by atoms with E-state index >= 15 is 0 Å². The fourth-order valence-corrected chi connectivity index (χ4v) is 3.26. The average Bonchev–Trinajstić information content (AvgIpc) is 2.47. The largest absolute Gasteiger partial charge is 0.456 e. The molecule has 0 saturated heterocycles. The maximum absolute atomic E-state index is 12.2. The number of aryl methyl sites for hydroxylation is 1. The van der Waals surface area contributed by atoms with Gasteiger partial charge in [0.1, 0.15) is 6.10 Å². The monoisotopic (exact) mass is 302 g/mol. The highest BCUT2D eigenvalue weighted by Crippen LogP contribution is 2.35. The molecule has 0 amide bonds. The molecule has 0 aliphatic heterocycles. The molecule has 1 saturated carbocycles. The van der Waals surface area contributed by atoms with Gasteiger partial charge in [-0.15, -0.1) is 0 Å². The zero-order chi connectivity index (χ0) is 16.3. The van der Waals surface area contributed by atoms with E-state index in [0.717, 1.165) is 18.4 Å². The molecule has 0 aromatic heterocycles. The highest BCUT2D eigenvalue weighted by Gasteiger charge is 2.34. The summed E-state index contributed by atoms with van der Waals surface area (Å²) in [6, 6.07) is 7.03. The quantitative estimate of drug-likeness (QED) is 0.476. The summed E-state index contributed by atoms with van der Waals surface area (Å²) in [7, 11) is 0. The van der Waals surface area contributed by atoms with Gasteiger partial charge in [0.25, 0.3) is 5.78 Å². The molecule has 1 aliphatic carbocycles. The highest BCUT2D eigenvalue weighted by molar-refractivity contribution is 6.40. The lowest BCUT2D eigenvalue weighted by atomic mass is 9.75. The number of hydrogen-bond donors (Lipinski definition) is 0. The molecule has 1 aromatic carbocycles. The van der Waals surface area contributed by atoms with Crippen LogP contribution >= 0.6 is 0 Å². The Morgan fingerprint density at radius 2 is 1.77 bits per heavy atom. The van der Waals surface area contributed by atoms with E-state index in [-0.39, 0.29) is 6.10 Å². The summed E-state index contributed by atoms with van der Waals surface area (Å²) in [6.45, 7) is 8.44. The molecule has 2 rings (SSSR count). The minimum absolute atomic E-state index is 0.134. The molecular formula is C19H26O3. The van der Waals surface area contributed by atoms with Crippen molar-refractivity contribution in [3.63, 3.8) is 0 Å². The molecule has 0 bridgehead atoms. The molecule has 3 nitrogen and oxygen atoms in total. The number of ether oxygens (including phenoxy) is 1. The van der Waals surface area contributed by atoms with Crippen molar-refractivity contribution in [1.82, 2.24) is 0 Å². The van der Waals surface area contributed by atoms with Crippen molar-refractivity contribution >= 4 is 11.8 Å². The van der Waals surface area contributed by atoms with E-state index in [1.54, 1.807) is 12.1 Å². The molecule has 0 unspecified atom stereocenters. The molecule has 22 heavy (non-hydrogen) atoms. The van der Waals surface area contributed by atoms with Crippen LogP contribution in [-0.2, 0) is 9.53 Å². The normalized spacial score (nSPS) is 25.0. The van der Waals surface area contributed by atoms with Crippen LogP contribution in [0.4, 0.5) is 0 Å². The molecular weight excluding hydrogens is 276 g/mol. The first kappa shape index (κ1) is 16.7. The molecule has 3 heteroatoms. The Hall–Kier alpha value is -1.64. The number of ketones is 1. The van der Waals surface area contributed by atoms with Gasteiger partial charge in [-0.2, -0.15) is 0 Å². The summed E-state index contributed by atoms with van der Waals surface area (Å²) in [5, 5.41) is 0. The van der Waals surface area contributed by atoms with Gasteiger partial charge in [0, 0.05) is 5.56 Å². The van der Waals surface area contributed by atoms with Gasteiger partial charge in [-0.25, -0.2) is 4.79 Å². The summed E-state index contributed by atoms with van der Waals surface area (Å²) in [5.41, 5.74) is 1.46. The lowest BCUT2D eigenvalue weighted by molar-refractivity contribution is -0.149. The van der Waals surface area contributed by atoms with Gasteiger partial charge in [0.15, 0.2) is 0 Å². The Kier molecular flexibility index (Phi) is 5.38. The Balaban J connectivity index is 2.05. The van der Waals surface area contributed by atoms with Crippen LogP contribution < -0.4 is 0 Å². The highest BCUT2D eigenvalue weighted by atomic mass is 16.5. The molecule has 0 spiro atoms. The number of rotatable bonds is 4. The number of benzene rings is 1. The van der Waals surface area contributed by atoms with Gasteiger partial charge in [-0.1, -0.05) is 57.0 Å². The number of hydrogen-bond acceptors (Lipinski definition) is 3. The Morgan fingerprint density at radius 1 is 1.14 bits per heavy atom. The van der Waals surface area contributed by atoms with Crippen LogP contribution in [0.5, 0.6) is 0 Å². The standard InChI is InChI=1S/C19H26O3/c1-12(2)16-10-7-14(4)11-17(16)22-19(21)18(20)15-8-5-13(3)6-9-15/h5-6,8-9,12,14,16-17H,7,10-11H2,1-4H3/t14-,16+,17+/m1/s1. The zero-order valence-electron chi connectivity index (χ0n) is 14.0. The number of carbonyl (C=O) groups is 2. The van der Waals surface area contributed by atoms with Crippen LogP contribution in [0.15, 0.2) is 24.3 Å². The average molecular weight is 302 g/mol. The van der Waals surface area contributed by atoms with E-state index in [9.17, 15) is 9.59 Å². The summed E-state index contributed by atoms with van der Waals surface area (Å²) in [5.74, 6) is 0.0994. The maximum atomic E-state index is 12.2. The molecule has 120 valence electrons. The van der Waals surface area contributed by atoms with Crippen molar-refractivity contribution in [2.24, 2.45) is 17.8 Å². The molecule has 3 atom stereocenters. The van der Waals surface area contributed by atoms with Crippen molar-refractivity contribution in [2.75, 3.05) is 0 Å². The van der Waals surface area contributed by atoms with Crippen molar-refractivity contribution < 1.29 is 14.3 Å². The van der Waals surface area contributed by atoms with Crippen LogP contribution in [-0.4, -0.2) is 17.9 Å². The van der Waals surface area contributed by atoms with Gasteiger partial charge in [-0.05, 0) is 37.5 Å². The van der Waals surface area contributed by atoms with E-state index in [1.165, 1.54) is 6.42 Å². The summed E-state index contributed by atoms with van der Waals surface area (Å²) >= 11 is 0. The lowest BCUT2D eigenvalue weighted by Gasteiger charge is -2.36. The molecule has 1 fully saturated rings. The minimum Gasteiger partial charge on any atom is -0.456 e. The zero-order valence-corrected chi connectivity index (χ0v) is 14.0. The summed E-state index contributed by atoms with van der Waals surface area (Å²) < 4.78 is 5.59. The predicted octanol–water partition coefficient (Wildman–Crippen LogP) is 4.18. The SMILES string of the molecule is Cc1ccc(C(=O)C(=O)O[C@H]2C[C@H](C)CC[C@H]2C(C)C)cc1. The second kappa shape index (κ2) is 7.08. The van der Waals surface area contributed by atoms with Gasteiger partial charge in [0.05, 0.1) is 0 Å². The van der Waals surface area contributed by atoms with Gasteiger partial charge < -0.3 is 4.74 Å². The third kappa shape index (κ3) is 3.96. The Morgan fingerprint density at radius 3 is 2.36 bits per heavy atom. The Labute approximate surface area is 133 Å². The first-order valence-corrected chi connectivity index (χ1v) is 8.20. The minimum atomic E-state index is -0.714. The van der Waals surface area contributed by atoms with Crippen LogP contribution in [0, 0.1) is 24.7 Å². The van der Waals surface area contributed by atoms with Crippen LogP contribution in [0.1, 0.15) is 56.0 Å². The maximum Gasteiger partial charge on any atom is 0.379 e. The number of Topliss-reactive ketones (excluding diaryl/α,β-unsaturated/α-hetero) is 1. The first-order valence-electron chi connectivity index (χ1n) is 8.20. The van der Waals surface area contributed by atoms with E-state index in [0.29, 0.717) is 23.3 Å². The summed E-state index contributed by atoms with van der Waals surface area (Å²) in [6.07, 6.45) is 2.96. The Bertz CT molecular complexity index is 530. The number of carbonyl (C=O) groups excluding carboxylic acids is 2. The third-order valence-corrected chi connectivity index (χ3v) is 4.72. The molecule has 1 aromatic rings. The second-order valence-corrected chi connectivity index (χ2v) is 6.97. The molecule has 0 N–H and O–H groups in total. The van der Waals surface area contributed by atoms with Gasteiger partial charge >= 0.3 is 5.97 Å². The molecule has 0 radical (unpaired) electrons. The lowest BCUT2D eigenvalue weighted by Crippen LogP contribution is -2.37. The molecule has 0 heterocycles. The van der Waals surface area contributed by atoms with Crippen molar-refractivity contribution in [2.45, 2.75) is 53.1 Å². The second-order valence-electron chi connectivity index (χ2n) is 6.97. The predicted molar refractivity (Wildman–Crippen MR) is 86.7 cm³/mol. The van der Waals surface area contributed by atoms with Crippen LogP contribution in [0.25, 0.3) is 0 Å². The van der Waals surface area contributed by atoms with Crippen molar-refractivity contribution in [1.29, 1.82) is 0 Å². The summed E-state index contributed by atoms with van der Waals surface area (Å²) in [4.78, 5) is 24.4. The van der Waals surface area contributed by atoms with E-state index < -0.39 is 11.8 Å². The van der Waals surface area contributed by atoms with Crippen molar-refractivity contribution in [3.8, 4) is 0 Å². The fraction of sp³-hybridized carbons (Fsp3) is 0.579. The fourth-order valence-electron chi connectivity index (χ4n) is 3.26. The first-order chi connectivity index (χ1) is 10.4. The van der Waals surface area contributed by atoms with E-state index in [2.05, 4.69) is 20.8 Å².